The molecule has 1 saturated heterocycles. The second-order valence-corrected chi connectivity index (χ2v) is 3.99. The molecule has 0 saturated carbocycles. The van der Waals surface area contributed by atoms with Crippen LogP contribution in [0.5, 0.6) is 0 Å². The van der Waals surface area contributed by atoms with Gasteiger partial charge in [0.25, 0.3) is 0 Å². The molecular weight excluding hydrogens is 220 g/mol. The fourth-order valence-corrected chi connectivity index (χ4v) is 1.63. The minimum Gasteiger partial charge on any atom is -0.370 e. The zero-order valence-corrected chi connectivity index (χ0v) is 10.2. The molecule has 0 atom stereocenters. The molecule has 1 rings (SSSR count). The van der Waals surface area contributed by atoms with Crippen LogP contribution in [-0.4, -0.2) is 42.3 Å². The van der Waals surface area contributed by atoms with Crippen molar-refractivity contribution in [3.63, 3.8) is 0 Å². The number of nitrogens with one attached hydrogen (secondary N) is 1. The highest BCUT2D eigenvalue weighted by Crippen LogP contribution is 2.10. The molecule has 0 radical (unpaired) electrons. The summed E-state index contributed by atoms with van der Waals surface area (Å²) < 4.78 is 0. The van der Waals surface area contributed by atoms with E-state index in [1.165, 1.54) is 4.90 Å². The van der Waals surface area contributed by atoms with Gasteiger partial charge in [0, 0.05) is 32.5 Å². The van der Waals surface area contributed by atoms with Crippen LogP contribution in [0, 0.1) is 0 Å². The zero-order chi connectivity index (χ0) is 12.7. The van der Waals surface area contributed by atoms with E-state index in [1.54, 1.807) is 0 Å². The summed E-state index contributed by atoms with van der Waals surface area (Å²) in [6, 6.07) is 0. The van der Waals surface area contributed by atoms with Gasteiger partial charge in [-0.05, 0) is 12.8 Å². The highest BCUT2D eigenvalue weighted by atomic mass is 16.2. The van der Waals surface area contributed by atoms with Crippen molar-refractivity contribution < 1.29 is 9.59 Å². The number of nitrogens with zero attached hydrogens (tertiary/aromatic N) is 2. The summed E-state index contributed by atoms with van der Waals surface area (Å²) in [6.07, 6.45) is 2.53. The Kier molecular flexibility index (Phi) is 5.45. The maximum absolute atomic E-state index is 11.5. The molecule has 1 fully saturated rings. The third kappa shape index (κ3) is 4.42. The Morgan fingerprint density at radius 1 is 1.41 bits per heavy atom. The van der Waals surface area contributed by atoms with Crippen LogP contribution < -0.4 is 11.1 Å². The Morgan fingerprint density at radius 3 is 2.65 bits per heavy atom. The lowest BCUT2D eigenvalue weighted by molar-refractivity contribution is -0.147. The summed E-state index contributed by atoms with van der Waals surface area (Å²) >= 11 is 0. The van der Waals surface area contributed by atoms with Crippen molar-refractivity contribution in [1.29, 1.82) is 0 Å². The Hall–Kier alpha value is -1.59. The summed E-state index contributed by atoms with van der Waals surface area (Å²) in [4.78, 5) is 28.3. The van der Waals surface area contributed by atoms with Gasteiger partial charge < -0.3 is 11.1 Å². The number of aliphatic imine (C=N–C) groups is 1. The number of guanidine groups is 1. The molecule has 0 aromatic rings. The van der Waals surface area contributed by atoms with Crippen molar-refractivity contribution in [3.8, 4) is 0 Å². The van der Waals surface area contributed by atoms with Crippen LogP contribution in [0.25, 0.3) is 0 Å². The summed E-state index contributed by atoms with van der Waals surface area (Å²) in [5.74, 6) is 0.183. The number of imide groups is 1. The molecule has 3 N–H and O–H groups in total. The van der Waals surface area contributed by atoms with Crippen molar-refractivity contribution in [3.05, 3.63) is 0 Å². The molecule has 1 aliphatic heterocycles. The average Bonchev–Trinajstić information content (AvgIpc) is 2.30. The van der Waals surface area contributed by atoms with Gasteiger partial charge in [-0.25, -0.2) is 0 Å². The normalized spacial score (nSPS) is 17.5. The lowest BCUT2D eigenvalue weighted by Crippen LogP contribution is -2.45. The first-order valence-corrected chi connectivity index (χ1v) is 6.02. The van der Waals surface area contributed by atoms with Gasteiger partial charge in [0.1, 0.15) is 0 Å². The topological polar surface area (TPSA) is 87.8 Å². The van der Waals surface area contributed by atoms with Crippen molar-refractivity contribution in [2.45, 2.75) is 32.6 Å². The Balaban J connectivity index is 2.30. The molecule has 1 aliphatic rings. The van der Waals surface area contributed by atoms with Crippen molar-refractivity contribution in [2.24, 2.45) is 10.7 Å². The number of amides is 2. The predicted octanol–water partition coefficient (Wildman–Crippen LogP) is -0.160. The van der Waals surface area contributed by atoms with Crippen molar-refractivity contribution in [2.75, 3.05) is 19.6 Å². The number of likely N-dealkylation sites (tertiary alicyclic amines) is 1. The quantitative estimate of drug-likeness (QED) is 0.397. The molecule has 96 valence electrons. The van der Waals surface area contributed by atoms with Crippen LogP contribution in [0.4, 0.5) is 0 Å². The van der Waals surface area contributed by atoms with Gasteiger partial charge in [-0.1, -0.05) is 6.92 Å². The number of carbonyl (C=O) groups is 2. The second-order valence-electron chi connectivity index (χ2n) is 3.99. The van der Waals surface area contributed by atoms with E-state index in [1.807, 2.05) is 6.92 Å². The summed E-state index contributed by atoms with van der Waals surface area (Å²) in [5, 5.41) is 2.89. The van der Waals surface area contributed by atoms with Gasteiger partial charge in [0.15, 0.2) is 5.96 Å². The standard InChI is InChI=1S/C11H20N4O2/c1-2-6-13-11(12)14-7-8-15-9(16)4-3-5-10(15)17/h2-8H2,1H3,(H3,12,13,14). The van der Waals surface area contributed by atoms with E-state index >= 15 is 0 Å². The SMILES string of the molecule is CCCN=C(N)NCCN1C(=O)CCCC1=O. The van der Waals surface area contributed by atoms with E-state index in [-0.39, 0.29) is 11.8 Å². The van der Waals surface area contributed by atoms with Crippen molar-refractivity contribution >= 4 is 17.8 Å². The number of hydrogen-bond donors (Lipinski definition) is 2. The van der Waals surface area contributed by atoms with Crippen LogP contribution in [0.1, 0.15) is 32.6 Å². The Morgan fingerprint density at radius 2 is 2.06 bits per heavy atom. The van der Waals surface area contributed by atoms with E-state index in [9.17, 15) is 9.59 Å². The number of hydrogen-bond acceptors (Lipinski definition) is 3. The van der Waals surface area contributed by atoms with Crippen molar-refractivity contribution in [1.82, 2.24) is 10.2 Å². The second kappa shape index (κ2) is 6.88. The molecular formula is C11H20N4O2. The Labute approximate surface area is 101 Å². The molecule has 2 amide bonds. The predicted molar refractivity (Wildman–Crippen MR) is 65.4 cm³/mol. The fourth-order valence-electron chi connectivity index (χ4n) is 1.63. The van der Waals surface area contributed by atoms with Crippen LogP contribution in [-0.2, 0) is 9.59 Å². The summed E-state index contributed by atoms with van der Waals surface area (Å²) in [7, 11) is 0. The molecule has 0 aliphatic carbocycles. The van der Waals surface area contributed by atoms with E-state index in [0.717, 1.165) is 6.42 Å². The van der Waals surface area contributed by atoms with Gasteiger partial charge >= 0.3 is 0 Å². The van der Waals surface area contributed by atoms with Gasteiger partial charge in [-0.3, -0.25) is 19.5 Å². The van der Waals surface area contributed by atoms with Crippen LogP contribution in [0.3, 0.4) is 0 Å². The number of carbonyl (C=O) groups excluding carboxylic acids is 2. The highest BCUT2D eigenvalue weighted by Gasteiger charge is 2.24. The molecule has 0 unspecified atom stereocenters. The number of piperidine rings is 1. The first kappa shape index (κ1) is 13.5. The molecule has 0 spiro atoms. The van der Waals surface area contributed by atoms with Crippen LogP contribution in [0.2, 0.25) is 0 Å². The number of rotatable bonds is 5. The maximum atomic E-state index is 11.5. The molecule has 17 heavy (non-hydrogen) atoms. The lowest BCUT2D eigenvalue weighted by atomic mass is 10.1. The third-order valence-electron chi connectivity index (χ3n) is 2.53. The summed E-state index contributed by atoms with van der Waals surface area (Å²) in [6.45, 7) is 3.51. The molecule has 0 aromatic heterocycles. The zero-order valence-electron chi connectivity index (χ0n) is 10.2. The number of nitrogens with two attached hydrogens (primary N) is 1. The lowest BCUT2D eigenvalue weighted by Gasteiger charge is -2.24. The fraction of sp³-hybridized carbons (Fsp3) is 0.727. The van der Waals surface area contributed by atoms with E-state index < -0.39 is 0 Å². The average molecular weight is 240 g/mol. The van der Waals surface area contributed by atoms with Gasteiger partial charge in [-0.15, -0.1) is 0 Å². The highest BCUT2D eigenvalue weighted by molar-refractivity contribution is 5.97. The van der Waals surface area contributed by atoms with E-state index in [0.29, 0.717) is 44.9 Å². The van der Waals surface area contributed by atoms with Crippen LogP contribution >= 0.6 is 0 Å². The molecule has 6 nitrogen and oxygen atoms in total. The van der Waals surface area contributed by atoms with Gasteiger partial charge in [0.05, 0.1) is 0 Å². The van der Waals surface area contributed by atoms with Crippen LogP contribution in [0.15, 0.2) is 4.99 Å². The minimum absolute atomic E-state index is 0.0906. The van der Waals surface area contributed by atoms with E-state index in [2.05, 4.69) is 10.3 Å². The Bertz CT molecular complexity index is 299. The minimum atomic E-state index is -0.0906. The first-order chi connectivity index (χ1) is 8.15. The first-order valence-electron chi connectivity index (χ1n) is 6.02. The molecule has 6 heteroatoms. The van der Waals surface area contributed by atoms with Gasteiger partial charge in [-0.2, -0.15) is 0 Å². The molecule has 0 bridgehead atoms. The largest absolute Gasteiger partial charge is 0.370 e. The third-order valence-corrected chi connectivity index (χ3v) is 2.53. The maximum Gasteiger partial charge on any atom is 0.229 e. The van der Waals surface area contributed by atoms with Gasteiger partial charge in [0.2, 0.25) is 11.8 Å². The monoisotopic (exact) mass is 240 g/mol. The molecule has 1 heterocycles. The molecule has 0 aromatic carbocycles. The van der Waals surface area contributed by atoms with E-state index in [4.69, 9.17) is 5.73 Å². The smallest absolute Gasteiger partial charge is 0.229 e. The summed E-state index contributed by atoms with van der Waals surface area (Å²) in [5.41, 5.74) is 5.60.